The molecule has 0 saturated carbocycles. The molecule has 3 rings (SSSR count). The van der Waals surface area contributed by atoms with E-state index in [0.717, 1.165) is 38.5 Å². The monoisotopic (exact) mass is 498 g/mol. The van der Waals surface area contributed by atoms with E-state index in [1.54, 1.807) is 10.1 Å². The van der Waals surface area contributed by atoms with Crippen molar-refractivity contribution in [3.05, 3.63) is 0 Å². The largest absolute Gasteiger partial charge is 0.462 e. The molecule has 0 aromatic carbocycles. The number of esters is 1. The van der Waals surface area contributed by atoms with Crippen LogP contribution in [-0.4, -0.2) is 76.1 Å². The molecular formula is C27H52N3O5+. The summed E-state index contributed by atoms with van der Waals surface area (Å²) in [5, 5.41) is 37.0. The Bertz CT molecular complexity index is 806. The van der Waals surface area contributed by atoms with Crippen molar-refractivity contribution in [1.82, 2.24) is 15.2 Å². The van der Waals surface area contributed by atoms with Gasteiger partial charge in [0.15, 0.2) is 0 Å². The van der Waals surface area contributed by atoms with E-state index in [1.807, 2.05) is 20.8 Å². The number of hydroxylamine groups is 6. The summed E-state index contributed by atoms with van der Waals surface area (Å²) in [5.41, 5.74) is -2.88. The Kier molecular flexibility index (Phi) is 7.58. The zero-order chi connectivity index (χ0) is 26.7. The first kappa shape index (κ1) is 28.8. The molecule has 3 heterocycles. The number of rotatable bonds is 5. The number of hydrogen-bond donors (Lipinski definition) is 2. The number of nitrogens with zero attached hydrogens (tertiary/aromatic N) is 3. The van der Waals surface area contributed by atoms with Crippen molar-refractivity contribution in [2.24, 2.45) is 0 Å². The molecule has 8 nitrogen and oxygen atoms in total. The van der Waals surface area contributed by atoms with Gasteiger partial charge in [0.25, 0.3) is 0 Å². The Balaban J connectivity index is 1.84. The third-order valence-corrected chi connectivity index (χ3v) is 10.1. The highest BCUT2D eigenvalue weighted by atomic mass is 16.5. The van der Waals surface area contributed by atoms with Crippen LogP contribution in [0.2, 0.25) is 0 Å². The molecule has 35 heavy (non-hydrogen) atoms. The number of carbonyl (C=O) groups is 1. The lowest BCUT2D eigenvalue weighted by molar-refractivity contribution is -0.343. The van der Waals surface area contributed by atoms with Gasteiger partial charge in [-0.2, -0.15) is 10.1 Å². The predicted octanol–water partition coefficient (Wildman–Crippen LogP) is 4.78. The fourth-order valence-corrected chi connectivity index (χ4v) is 7.70. The summed E-state index contributed by atoms with van der Waals surface area (Å²) in [6.07, 6.45) is 7.81. The van der Waals surface area contributed by atoms with Crippen LogP contribution in [0.15, 0.2) is 0 Å². The van der Waals surface area contributed by atoms with Crippen LogP contribution in [0.25, 0.3) is 0 Å². The minimum absolute atomic E-state index is 0.241. The molecule has 0 bridgehead atoms. The Morgan fingerprint density at radius 3 is 1.94 bits per heavy atom. The summed E-state index contributed by atoms with van der Waals surface area (Å²) in [7, 11) is 0. The fourth-order valence-electron chi connectivity index (χ4n) is 7.70. The first-order valence-corrected chi connectivity index (χ1v) is 13.5. The standard InChI is InChI=1S/C27H51N3O5/c1-20(31)35-21-18-23(4,5)28(32)25(7,19-21)17-16-24(6)13-11-15-27(9,30(24)34)26(8)14-10-12-22(2,3)29(26)33/h21,32-34H,10-19H2,1-9H3/p+1. The highest BCUT2D eigenvalue weighted by molar-refractivity contribution is 5.66. The highest BCUT2D eigenvalue weighted by Crippen LogP contribution is 2.53. The molecule has 5 atom stereocenters. The van der Waals surface area contributed by atoms with Gasteiger partial charge in [0.2, 0.25) is 0 Å². The molecule has 4 N–H and O–H groups in total. The summed E-state index contributed by atoms with van der Waals surface area (Å²) in [4.78, 5) is 11.7. The van der Waals surface area contributed by atoms with Crippen LogP contribution in [0.5, 0.6) is 0 Å². The van der Waals surface area contributed by atoms with Crippen molar-refractivity contribution < 1.29 is 25.2 Å². The van der Waals surface area contributed by atoms with Crippen molar-refractivity contribution in [2.75, 3.05) is 0 Å². The van der Waals surface area contributed by atoms with E-state index in [0.29, 0.717) is 25.7 Å². The molecule has 204 valence electrons. The first-order chi connectivity index (χ1) is 15.8. The lowest BCUT2D eigenvalue weighted by Gasteiger charge is -2.62. The Labute approximate surface area is 212 Å². The van der Waals surface area contributed by atoms with E-state index in [9.17, 15) is 15.2 Å². The van der Waals surface area contributed by atoms with E-state index >= 15 is 0 Å². The van der Waals surface area contributed by atoms with Gasteiger partial charge in [0.1, 0.15) is 11.6 Å². The maximum Gasteiger partial charge on any atom is 0.302 e. The lowest BCUT2D eigenvalue weighted by Crippen LogP contribution is -2.76. The lowest BCUT2D eigenvalue weighted by atomic mass is 9.63. The average molecular weight is 499 g/mol. The number of ether oxygens (including phenoxy) is 1. The van der Waals surface area contributed by atoms with Crippen LogP contribution < -0.4 is 0 Å². The maximum absolute atomic E-state index is 11.9. The van der Waals surface area contributed by atoms with Gasteiger partial charge >= 0.3 is 5.97 Å². The van der Waals surface area contributed by atoms with Crippen molar-refractivity contribution in [1.29, 1.82) is 0 Å². The van der Waals surface area contributed by atoms with Crippen molar-refractivity contribution in [3.63, 3.8) is 0 Å². The van der Waals surface area contributed by atoms with Crippen LogP contribution in [0.1, 0.15) is 127 Å². The summed E-state index contributed by atoms with van der Waals surface area (Å²) in [6.45, 7) is 18.1. The Morgan fingerprint density at radius 1 is 0.800 bits per heavy atom. The summed E-state index contributed by atoms with van der Waals surface area (Å²) in [5.74, 6) is -0.292. The smallest absolute Gasteiger partial charge is 0.302 e. The van der Waals surface area contributed by atoms with E-state index in [-0.39, 0.29) is 17.6 Å². The second kappa shape index (κ2) is 9.21. The van der Waals surface area contributed by atoms with E-state index in [2.05, 4.69) is 34.6 Å². The maximum atomic E-state index is 11.9. The predicted molar refractivity (Wildman–Crippen MR) is 136 cm³/mol. The normalized spacial score (nSPS) is 43.1. The highest BCUT2D eigenvalue weighted by Gasteiger charge is 2.63. The quantitative estimate of drug-likeness (QED) is 0.416. The molecule has 0 spiro atoms. The molecule has 8 heteroatoms. The van der Waals surface area contributed by atoms with Gasteiger partial charge in [-0.05, 0) is 107 Å². The van der Waals surface area contributed by atoms with E-state index in [1.165, 1.54) is 12.0 Å². The molecule has 0 aromatic rings. The van der Waals surface area contributed by atoms with E-state index < -0.39 is 27.7 Å². The van der Waals surface area contributed by atoms with Crippen molar-refractivity contribution in [2.45, 2.75) is 166 Å². The Hall–Kier alpha value is -0.770. The first-order valence-electron chi connectivity index (χ1n) is 13.5. The third kappa shape index (κ3) is 4.91. The number of hydrogen-bond acceptors (Lipinski definition) is 7. The van der Waals surface area contributed by atoms with Gasteiger partial charge in [0.05, 0.1) is 11.1 Å². The number of carbonyl (C=O) groups excluding carboxylic acids is 1. The van der Waals surface area contributed by atoms with Gasteiger partial charge in [0, 0.05) is 36.4 Å². The third-order valence-electron chi connectivity index (χ3n) is 10.1. The Morgan fingerprint density at radius 2 is 1.34 bits per heavy atom. The molecule has 0 aliphatic carbocycles. The van der Waals surface area contributed by atoms with Gasteiger partial charge in [-0.25, -0.2) is 0 Å². The number of piperidine rings is 3. The second-order valence-electron chi connectivity index (χ2n) is 14.0. The van der Waals surface area contributed by atoms with Crippen LogP contribution in [0.3, 0.4) is 0 Å². The summed E-state index contributed by atoms with van der Waals surface area (Å²) >= 11 is 0. The van der Waals surface area contributed by atoms with Gasteiger partial charge in [-0.1, -0.05) is 5.06 Å². The van der Waals surface area contributed by atoms with Crippen LogP contribution in [0.4, 0.5) is 0 Å². The molecule has 5 unspecified atom stereocenters. The average Bonchev–Trinajstić information content (AvgIpc) is 2.72. The molecule has 3 fully saturated rings. The molecule has 0 aromatic heterocycles. The van der Waals surface area contributed by atoms with E-state index in [4.69, 9.17) is 9.94 Å². The van der Waals surface area contributed by atoms with Gasteiger partial charge < -0.3 is 20.4 Å². The van der Waals surface area contributed by atoms with Crippen molar-refractivity contribution in [3.8, 4) is 0 Å². The molecular weight excluding hydrogens is 446 g/mol. The van der Waals surface area contributed by atoms with Gasteiger partial charge in [-0.15, -0.1) is 0 Å². The fraction of sp³-hybridized carbons (Fsp3) is 0.963. The molecule has 3 aliphatic rings. The zero-order valence-corrected chi connectivity index (χ0v) is 23.7. The molecule has 0 radical (unpaired) electrons. The molecule has 0 amide bonds. The molecule has 3 saturated heterocycles. The van der Waals surface area contributed by atoms with Crippen molar-refractivity contribution >= 4 is 5.97 Å². The SMILES string of the molecule is CC(=O)OC1CC(C)(C)N(O)C(C)(CCC2(C)CCCC(C)(C3(C)CCCC(C)(C)N3[OH2+])N2O)C1. The summed E-state index contributed by atoms with van der Waals surface area (Å²) in [6, 6.07) is 0. The molecule has 3 aliphatic heterocycles. The minimum Gasteiger partial charge on any atom is -0.462 e. The second-order valence-corrected chi connectivity index (χ2v) is 14.0. The van der Waals surface area contributed by atoms with Crippen LogP contribution in [-0.2, 0) is 9.53 Å². The van der Waals surface area contributed by atoms with Crippen LogP contribution in [0, 0.1) is 0 Å². The zero-order valence-electron chi connectivity index (χ0n) is 23.7. The minimum atomic E-state index is -0.586. The summed E-state index contributed by atoms with van der Waals surface area (Å²) < 4.78 is 5.60. The topological polar surface area (TPSA) is 99.4 Å². The van der Waals surface area contributed by atoms with Gasteiger partial charge in [-0.3, -0.25) is 4.79 Å². The van der Waals surface area contributed by atoms with Crippen LogP contribution >= 0.6 is 0 Å².